The molecule has 19 heavy (non-hydrogen) atoms. The molecule has 0 radical (unpaired) electrons. The van der Waals surface area contributed by atoms with E-state index in [1.54, 1.807) is 6.66 Å². The molecule has 0 unspecified atom stereocenters. The molecule has 3 rings (SSSR count). The van der Waals surface area contributed by atoms with Gasteiger partial charge >= 0.3 is 117 Å². The summed E-state index contributed by atoms with van der Waals surface area (Å²) in [5.41, 5.74) is 0. The van der Waals surface area contributed by atoms with Crippen LogP contribution in [0.4, 0.5) is 0 Å². The first-order valence-electron chi connectivity index (χ1n) is 6.25. The number of rotatable bonds is 4. The van der Waals surface area contributed by atoms with Gasteiger partial charge in [-0.1, -0.05) is 0 Å². The van der Waals surface area contributed by atoms with Gasteiger partial charge in [0.1, 0.15) is 0 Å². The molecule has 97 valence electrons. The van der Waals surface area contributed by atoms with E-state index in [0.29, 0.717) is 0 Å². The zero-order chi connectivity index (χ0) is 12.2. The Hall–Kier alpha value is -0.860. The molecule has 2 aliphatic carbocycles. The molecule has 0 aliphatic heterocycles. The molecule has 0 heterocycles. The normalized spacial score (nSPS) is 15.8. The van der Waals surface area contributed by atoms with E-state index in [0.717, 1.165) is 18.6 Å². The summed E-state index contributed by atoms with van der Waals surface area (Å²) < 4.78 is 9.49. The number of hydrogen-bond donors (Lipinski definition) is 0. The molecule has 0 spiro atoms. The first-order chi connectivity index (χ1) is 8.93. The van der Waals surface area contributed by atoms with Crippen LogP contribution in [0.3, 0.4) is 0 Å². The third kappa shape index (κ3) is 3.58. The van der Waals surface area contributed by atoms with Crippen molar-refractivity contribution in [2.75, 3.05) is 0 Å². The third-order valence-electron chi connectivity index (χ3n) is 3.09. The summed E-state index contributed by atoms with van der Waals surface area (Å²) in [7, 11) is 0. The van der Waals surface area contributed by atoms with Gasteiger partial charge in [0.15, 0.2) is 0 Å². The molecular weight excluding hydrogens is 422 g/mol. The molecule has 0 fully saturated rings. The van der Waals surface area contributed by atoms with E-state index in [-0.39, 0.29) is 12.4 Å². The fourth-order valence-electron chi connectivity index (χ4n) is 2.17. The minimum absolute atomic E-state index is 0. The van der Waals surface area contributed by atoms with Gasteiger partial charge < -0.3 is 0 Å². The molecule has 2 aliphatic rings. The molecule has 0 amide bonds. The van der Waals surface area contributed by atoms with Crippen LogP contribution < -0.4 is 2.85 Å². The Morgan fingerprint density at radius 1 is 0.842 bits per heavy atom. The molecule has 0 atom stereocenters. The zero-order valence-corrected chi connectivity index (χ0v) is 15.0. The van der Waals surface area contributed by atoms with Crippen molar-refractivity contribution in [1.82, 2.24) is 0 Å². The SMILES string of the molecule is C1=CC[C]([Hf]([O]c2ccccc2)[C]2=CC=CC2)=C1.Cl. The molecule has 0 N–H and O–H groups in total. The monoisotopic (exact) mass is 439 g/mol. The average Bonchev–Trinajstić information content (AvgIpc) is 3.11. The molecule has 0 saturated heterocycles. The summed E-state index contributed by atoms with van der Waals surface area (Å²) in [4.78, 5) is 0. The van der Waals surface area contributed by atoms with Crippen molar-refractivity contribution in [2.45, 2.75) is 12.8 Å². The van der Waals surface area contributed by atoms with Crippen molar-refractivity contribution in [1.29, 1.82) is 0 Å². The zero-order valence-electron chi connectivity index (χ0n) is 10.6. The van der Waals surface area contributed by atoms with Crippen molar-refractivity contribution in [3.63, 3.8) is 0 Å². The van der Waals surface area contributed by atoms with Gasteiger partial charge in [-0.2, -0.15) is 0 Å². The van der Waals surface area contributed by atoms with Crippen molar-refractivity contribution in [2.24, 2.45) is 0 Å². The van der Waals surface area contributed by atoms with Crippen LogP contribution in [0.2, 0.25) is 0 Å². The minimum atomic E-state index is -2.29. The molecule has 1 nitrogen and oxygen atoms in total. The van der Waals surface area contributed by atoms with E-state index >= 15 is 0 Å². The predicted octanol–water partition coefficient (Wildman–Crippen LogP) is 4.71. The summed E-state index contributed by atoms with van der Waals surface area (Å²) in [6, 6.07) is 10.3. The Kier molecular flexibility index (Phi) is 5.41. The van der Waals surface area contributed by atoms with Gasteiger partial charge in [-0.05, 0) is 0 Å². The smallest absolute Gasteiger partial charge is 0.147 e. The standard InChI is InChI=1S/C6H6O.2C5H5.ClH.Hf/c7-6-4-2-1-3-5-6;2*1-2-4-5-3-1;;/h1-5,7H;2*1-3H,4H2;1H;/q;;;;+1/p-1. The Labute approximate surface area is 128 Å². The minimum Gasteiger partial charge on any atom is -0.147 e. The van der Waals surface area contributed by atoms with E-state index in [1.165, 1.54) is 0 Å². The Bertz CT molecular complexity index is 513. The average molecular weight is 438 g/mol. The van der Waals surface area contributed by atoms with Gasteiger partial charge in [-0.3, -0.25) is 0 Å². The Morgan fingerprint density at radius 3 is 1.89 bits per heavy atom. The van der Waals surface area contributed by atoms with Gasteiger partial charge in [0.05, 0.1) is 0 Å². The van der Waals surface area contributed by atoms with E-state index < -0.39 is 21.9 Å². The molecule has 0 aromatic heterocycles. The van der Waals surface area contributed by atoms with E-state index in [4.69, 9.17) is 2.85 Å². The van der Waals surface area contributed by atoms with Crippen LogP contribution in [-0.2, 0) is 21.9 Å². The maximum Gasteiger partial charge on any atom is -0.147 e. The molecule has 1 aromatic carbocycles. The van der Waals surface area contributed by atoms with Gasteiger partial charge in [-0.15, -0.1) is 12.4 Å². The van der Waals surface area contributed by atoms with Crippen LogP contribution in [0, 0.1) is 0 Å². The number of hydrogen-bond acceptors (Lipinski definition) is 1. The quantitative estimate of drug-likeness (QED) is 0.619. The number of para-hydroxylation sites is 1. The topological polar surface area (TPSA) is 9.23 Å². The number of halogens is 1. The first kappa shape index (κ1) is 14.5. The van der Waals surface area contributed by atoms with Crippen molar-refractivity contribution in [3.05, 3.63) is 73.4 Å². The maximum absolute atomic E-state index is 6.38. The summed E-state index contributed by atoms with van der Waals surface area (Å²) in [6.45, 7) is 0. The van der Waals surface area contributed by atoms with Crippen LogP contribution in [0.25, 0.3) is 0 Å². The fraction of sp³-hybridized carbons (Fsp3) is 0.125. The summed E-state index contributed by atoms with van der Waals surface area (Å²) >= 11 is -2.29. The molecule has 0 bridgehead atoms. The Balaban J connectivity index is 0.00000133. The summed E-state index contributed by atoms with van der Waals surface area (Å²) in [5, 5.41) is 0. The van der Waals surface area contributed by atoms with Gasteiger partial charge in [0.2, 0.25) is 0 Å². The van der Waals surface area contributed by atoms with E-state index in [1.807, 2.05) is 18.2 Å². The van der Waals surface area contributed by atoms with Crippen LogP contribution >= 0.6 is 12.4 Å². The number of benzene rings is 1. The predicted molar refractivity (Wildman–Crippen MR) is 78.0 cm³/mol. The largest absolute Gasteiger partial charge is 0.147 e. The molecule has 1 aromatic rings. The van der Waals surface area contributed by atoms with Crippen LogP contribution in [0.5, 0.6) is 5.75 Å². The van der Waals surface area contributed by atoms with Crippen molar-refractivity contribution in [3.8, 4) is 5.75 Å². The van der Waals surface area contributed by atoms with Gasteiger partial charge in [0, 0.05) is 0 Å². The van der Waals surface area contributed by atoms with Gasteiger partial charge in [0.25, 0.3) is 0 Å². The van der Waals surface area contributed by atoms with E-state index in [2.05, 4.69) is 48.6 Å². The second-order valence-corrected chi connectivity index (χ2v) is 12.1. The van der Waals surface area contributed by atoms with E-state index in [9.17, 15) is 0 Å². The molecule has 0 saturated carbocycles. The first-order valence-corrected chi connectivity index (χ1v) is 11.3. The van der Waals surface area contributed by atoms with Crippen LogP contribution in [0.1, 0.15) is 12.8 Å². The second-order valence-electron chi connectivity index (χ2n) is 4.39. The van der Waals surface area contributed by atoms with Crippen LogP contribution in [-0.4, -0.2) is 0 Å². The summed E-state index contributed by atoms with van der Waals surface area (Å²) in [5.74, 6) is 1.03. The fourth-order valence-corrected chi connectivity index (χ4v) is 9.89. The molecule has 3 heteroatoms. The maximum atomic E-state index is 6.38. The van der Waals surface area contributed by atoms with Crippen molar-refractivity contribution >= 4 is 12.4 Å². The van der Waals surface area contributed by atoms with Crippen molar-refractivity contribution < 1.29 is 24.7 Å². The third-order valence-corrected chi connectivity index (χ3v) is 11.5. The summed E-state index contributed by atoms with van der Waals surface area (Å²) in [6.07, 6.45) is 15.5. The molecular formula is C16H16ClHfO. The second kappa shape index (κ2) is 7.06. The number of allylic oxidation sites excluding steroid dienone is 8. The van der Waals surface area contributed by atoms with Gasteiger partial charge in [-0.25, -0.2) is 0 Å². The van der Waals surface area contributed by atoms with Crippen LogP contribution in [0.15, 0.2) is 73.4 Å². The Morgan fingerprint density at radius 2 is 1.42 bits per heavy atom.